The van der Waals surface area contributed by atoms with Crippen LogP contribution in [0.3, 0.4) is 0 Å². The second-order valence-electron chi connectivity index (χ2n) is 5.19. The maximum absolute atomic E-state index is 13.0. The van der Waals surface area contributed by atoms with Crippen LogP contribution in [0.15, 0.2) is 40.9 Å². The molecule has 5 nitrogen and oxygen atoms in total. The number of aromatic amines is 1. The number of benzene rings is 1. The van der Waals surface area contributed by atoms with Crippen LogP contribution in [-0.4, -0.2) is 26.3 Å². The topological polar surface area (TPSA) is 70.7 Å². The Kier molecular flexibility index (Phi) is 5.72. The summed E-state index contributed by atoms with van der Waals surface area (Å²) >= 11 is 8.80. The average Bonchev–Trinajstić information content (AvgIpc) is 3.22. The van der Waals surface area contributed by atoms with Crippen LogP contribution in [0.5, 0.6) is 0 Å². The number of amides is 1. The molecule has 2 heterocycles. The molecule has 3 aromatic rings. The predicted octanol–water partition coefficient (Wildman–Crippen LogP) is 4.37. The fourth-order valence-corrected chi connectivity index (χ4v) is 3.69. The number of H-pyrrole nitrogens is 1. The fourth-order valence-electron chi connectivity index (χ4n) is 2.02. The van der Waals surface area contributed by atoms with Crippen LogP contribution in [0.1, 0.15) is 17.6 Å². The van der Waals surface area contributed by atoms with Crippen LogP contribution >= 0.6 is 34.7 Å². The van der Waals surface area contributed by atoms with Gasteiger partial charge in [-0.25, -0.2) is 9.37 Å². The first kappa shape index (κ1) is 17.9. The molecular weight excluding hydrogens is 383 g/mol. The molecule has 0 unspecified atom stereocenters. The molecule has 2 aromatic heterocycles. The summed E-state index contributed by atoms with van der Waals surface area (Å²) in [4.78, 5) is 17.8. The Morgan fingerprint density at radius 2 is 2.32 bits per heavy atom. The maximum atomic E-state index is 13.0. The van der Waals surface area contributed by atoms with Crippen LogP contribution in [0.25, 0.3) is 0 Å². The number of carbonyl (C=O) groups excluding carboxylic acids is 1. The number of thiophene rings is 1. The highest BCUT2D eigenvalue weighted by Crippen LogP contribution is 2.25. The molecule has 1 atom stereocenters. The van der Waals surface area contributed by atoms with Gasteiger partial charge in [0.05, 0.1) is 16.0 Å². The van der Waals surface area contributed by atoms with Crippen molar-refractivity contribution in [3.63, 3.8) is 0 Å². The minimum Gasteiger partial charge on any atom is -0.324 e. The highest BCUT2D eigenvalue weighted by atomic mass is 35.5. The van der Waals surface area contributed by atoms with Crippen LogP contribution in [0.2, 0.25) is 5.02 Å². The molecule has 0 bridgehead atoms. The van der Waals surface area contributed by atoms with Crippen LogP contribution in [0.4, 0.5) is 10.1 Å². The van der Waals surface area contributed by atoms with E-state index in [1.165, 1.54) is 28.8 Å². The van der Waals surface area contributed by atoms with Gasteiger partial charge in [0, 0.05) is 11.3 Å². The lowest BCUT2D eigenvalue weighted by molar-refractivity contribution is -0.115. The Hall–Kier alpha value is -1.90. The van der Waals surface area contributed by atoms with Crippen LogP contribution in [-0.2, 0) is 11.2 Å². The molecule has 1 aromatic carbocycles. The van der Waals surface area contributed by atoms with Crippen molar-refractivity contribution in [1.29, 1.82) is 0 Å². The number of anilines is 1. The van der Waals surface area contributed by atoms with Gasteiger partial charge in [0.2, 0.25) is 11.1 Å². The van der Waals surface area contributed by atoms with Gasteiger partial charge in [-0.15, -0.1) is 16.4 Å². The van der Waals surface area contributed by atoms with Gasteiger partial charge in [-0.1, -0.05) is 29.4 Å². The van der Waals surface area contributed by atoms with Gasteiger partial charge >= 0.3 is 0 Å². The predicted molar refractivity (Wildman–Crippen MR) is 98.9 cm³/mol. The molecule has 9 heteroatoms. The molecule has 0 spiro atoms. The zero-order chi connectivity index (χ0) is 17.8. The van der Waals surface area contributed by atoms with Crippen molar-refractivity contribution in [3.8, 4) is 0 Å². The zero-order valence-electron chi connectivity index (χ0n) is 13.1. The minimum absolute atomic E-state index is 0.154. The number of nitrogens with one attached hydrogen (secondary N) is 2. The highest BCUT2D eigenvalue weighted by molar-refractivity contribution is 8.00. The summed E-state index contributed by atoms with van der Waals surface area (Å²) < 4.78 is 13.0. The van der Waals surface area contributed by atoms with Crippen molar-refractivity contribution in [2.24, 2.45) is 0 Å². The molecule has 0 aliphatic rings. The van der Waals surface area contributed by atoms with Gasteiger partial charge in [0.15, 0.2) is 0 Å². The number of hydrogen-bond donors (Lipinski definition) is 2. The van der Waals surface area contributed by atoms with Gasteiger partial charge in [-0.3, -0.25) is 9.89 Å². The molecule has 0 aliphatic heterocycles. The van der Waals surface area contributed by atoms with E-state index in [2.05, 4.69) is 20.5 Å². The van der Waals surface area contributed by atoms with Gasteiger partial charge < -0.3 is 5.32 Å². The molecular formula is C16H14ClFN4OS2. The third-order valence-electron chi connectivity index (χ3n) is 3.27. The quantitative estimate of drug-likeness (QED) is 0.607. The number of aromatic nitrogens is 3. The lowest BCUT2D eigenvalue weighted by atomic mass is 10.3. The number of carbonyl (C=O) groups is 1. The maximum Gasteiger partial charge on any atom is 0.237 e. The largest absolute Gasteiger partial charge is 0.324 e. The van der Waals surface area contributed by atoms with E-state index >= 15 is 0 Å². The van der Waals surface area contributed by atoms with Crippen molar-refractivity contribution in [1.82, 2.24) is 15.2 Å². The molecule has 2 N–H and O–H groups in total. The molecule has 0 radical (unpaired) electrons. The zero-order valence-corrected chi connectivity index (χ0v) is 15.5. The Balaban J connectivity index is 1.58. The number of rotatable bonds is 6. The molecule has 0 fully saturated rings. The summed E-state index contributed by atoms with van der Waals surface area (Å²) in [7, 11) is 0. The summed E-state index contributed by atoms with van der Waals surface area (Å²) in [5.74, 6) is 0.0340. The van der Waals surface area contributed by atoms with Gasteiger partial charge in [-0.2, -0.15) is 0 Å². The average molecular weight is 397 g/mol. The highest BCUT2D eigenvalue weighted by Gasteiger charge is 2.18. The van der Waals surface area contributed by atoms with Gasteiger partial charge in [0.1, 0.15) is 11.6 Å². The van der Waals surface area contributed by atoms with Crippen molar-refractivity contribution in [2.75, 3.05) is 5.32 Å². The molecule has 0 saturated carbocycles. The van der Waals surface area contributed by atoms with Crippen LogP contribution in [0, 0.1) is 5.82 Å². The minimum atomic E-state index is -0.454. The summed E-state index contributed by atoms with van der Waals surface area (Å²) in [5.41, 5.74) is 0.369. The summed E-state index contributed by atoms with van der Waals surface area (Å²) in [6.45, 7) is 1.74. The Bertz CT molecular complexity index is 869. The Morgan fingerprint density at radius 3 is 3.04 bits per heavy atom. The van der Waals surface area contributed by atoms with E-state index in [9.17, 15) is 9.18 Å². The SMILES string of the molecule is C[C@H](Sc1n[nH]c(Cc2cccs2)n1)C(=O)Nc1ccc(F)cc1Cl. The van der Waals surface area contributed by atoms with E-state index in [4.69, 9.17) is 11.6 Å². The second-order valence-corrected chi connectivity index (χ2v) is 7.94. The fraction of sp³-hybridized carbons (Fsp3) is 0.188. The molecule has 1 amide bonds. The summed E-state index contributed by atoms with van der Waals surface area (Å²) in [6.07, 6.45) is 0.678. The number of nitrogens with zero attached hydrogens (tertiary/aromatic N) is 2. The molecule has 130 valence electrons. The lowest BCUT2D eigenvalue weighted by Gasteiger charge is -2.11. The number of thioether (sulfide) groups is 1. The monoisotopic (exact) mass is 396 g/mol. The van der Waals surface area contributed by atoms with Crippen molar-refractivity contribution < 1.29 is 9.18 Å². The van der Waals surface area contributed by atoms with Crippen LogP contribution < -0.4 is 5.32 Å². The van der Waals surface area contributed by atoms with Crippen molar-refractivity contribution in [2.45, 2.75) is 23.8 Å². The Morgan fingerprint density at radius 1 is 1.48 bits per heavy atom. The van der Waals surface area contributed by atoms with Crippen molar-refractivity contribution in [3.05, 3.63) is 57.3 Å². The van der Waals surface area contributed by atoms with E-state index in [0.717, 1.165) is 11.9 Å². The van der Waals surface area contributed by atoms with E-state index in [1.54, 1.807) is 18.3 Å². The standard InChI is InChI=1S/C16H14ClFN4OS2/c1-9(15(23)19-13-5-4-10(18)7-12(13)17)25-16-20-14(21-22-16)8-11-3-2-6-24-11/h2-7,9H,8H2,1H3,(H,19,23)(H,20,21,22)/t9-/m0/s1. The normalized spacial score (nSPS) is 12.1. The van der Waals surface area contributed by atoms with Gasteiger partial charge in [0.25, 0.3) is 0 Å². The summed E-state index contributed by atoms with van der Waals surface area (Å²) in [6, 6.07) is 7.84. The third-order valence-corrected chi connectivity index (χ3v) is 5.42. The van der Waals surface area contributed by atoms with E-state index < -0.39 is 11.1 Å². The molecule has 3 rings (SSSR count). The van der Waals surface area contributed by atoms with Gasteiger partial charge in [-0.05, 0) is 36.6 Å². The van der Waals surface area contributed by atoms with E-state index in [-0.39, 0.29) is 10.9 Å². The third kappa shape index (κ3) is 4.81. The summed E-state index contributed by atoms with van der Waals surface area (Å²) in [5, 5.41) is 11.9. The van der Waals surface area contributed by atoms with E-state index in [1.807, 2.05) is 17.5 Å². The first-order valence-electron chi connectivity index (χ1n) is 7.37. The number of hydrogen-bond acceptors (Lipinski definition) is 5. The van der Waals surface area contributed by atoms with Crippen molar-refractivity contribution >= 4 is 46.3 Å². The Labute approximate surface area is 157 Å². The molecule has 0 saturated heterocycles. The first-order valence-corrected chi connectivity index (χ1v) is 9.51. The molecule has 25 heavy (non-hydrogen) atoms. The van der Waals surface area contributed by atoms with E-state index in [0.29, 0.717) is 17.3 Å². The lowest BCUT2D eigenvalue weighted by Crippen LogP contribution is -2.22. The number of halogens is 2. The smallest absolute Gasteiger partial charge is 0.237 e. The molecule has 0 aliphatic carbocycles. The first-order chi connectivity index (χ1) is 12.0. The second kappa shape index (κ2) is 7.99.